The third-order valence-electron chi connectivity index (χ3n) is 3.93. The third-order valence-corrected chi connectivity index (χ3v) is 3.93. The third kappa shape index (κ3) is 6.18. The summed E-state index contributed by atoms with van der Waals surface area (Å²) >= 11 is 0. The van der Waals surface area contributed by atoms with E-state index in [4.69, 9.17) is 4.74 Å². The number of nitrogens with one attached hydrogen (secondary N) is 1. The first-order valence-corrected chi connectivity index (χ1v) is 8.14. The van der Waals surface area contributed by atoms with Crippen molar-refractivity contribution in [2.75, 3.05) is 27.7 Å². The average molecular weight is 382 g/mol. The highest BCUT2D eigenvalue weighted by Crippen LogP contribution is 2.23. The quantitative estimate of drug-likeness (QED) is 0.795. The van der Waals surface area contributed by atoms with Gasteiger partial charge in [0.15, 0.2) is 0 Å². The van der Waals surface area contributed by atoms with Gasteiger partial charge in [0.2, 0.25) is 0 Å². The molecule has 2 rings (SSSR count). The van der Waals surface area contributed by atoms with E-state index in [1.165, 1.54) is 12.1 Å². The lowest BCUT2D eigenvalue weighted by atomic mass is 10.1. The molecule has 0 aliphatic carbocycles. The number of rotatable bonds is 7. The van der Waals surface area contributed by atoms with E-state index in [0.29, 0.717) is 6.54 Å². The second-order valence-electron chi connectivity index (χ2n) is 6.03. The largest absolute Gasteiger partial charge is 0.573 e. The van der Waals surface area contributed by atoms with Crippen molar-refractivity contribution in [1.82, 2.24) is 10.2 Å². The molecule has 0 aromatic heterocycles. The van der Waals surface area contributed by atoms with Crippen molar-refractivity contribution in [3.8, 4) is 11.5 Å². The molecule has 1 atom stereocenters. The molecule has 0 bridgehead atoms. The van der Waals surface area contributed by atoms with Crippen LogP contribution in [0.2, 0.25) is 0 Å². The van der Waals surface area contributed by atoms with Crippen LogP contribution in [0, 0.1) is 0 Å². The van der Waals surface area contributed by atoms with Crippen LogP contribution >= 0.6 is 0 Å². The first-order valence-electron chi connectivity index (χ1n) is 8.14. The molecule has 0 spiro atoms. The molecule has 0 aliphatic heterocycles. The molecule has 1 amide bonds. The van der Waals surface area contributed by atoms with Crippen LogP contribution in [0.15, 0.2) is 48.5 Å². The van der Waals surface area contributed by atoms with E-state index in [1.54, 1.807) is 7.11 Å². The maximum Gasteiger partial charge on any atom is 0.573 e. The maximum atomic E-state index is 12.3. The predicted octanol–water partition coefficient (Wildman–Crippen LogP) is 3.63. The minimum atomic E-state index is -4.76. The first-order chi connectivity index (χ1) is 12.7. The summed E-state index contributed by atoms with van der Waals surface area (Å²) in [4.78, 5) is 14.2. The molecule has 0 radical (unpaired) electrons. The molecule has 5 nitrogen and oxygen atoms in total. The molecule has 0 unspecified atom stereocenters. The minimum Gasteiger partial charge on any atom is -0.497 e. The van der Waals surface area contributed by atoms with Gasteiger partial charge in [0, 0.05) is 12.1 Å². The lowest BCUT2D eigenvalue weighted by molar-refractivity contribution is -0.274. The summed E-state index contributed by atoms with van der Waals surface area (Å²) in [5, 5.41) is 2.80. The van der Waals surface area contributed by atoms with E-state index >= 15 is 0 Å². The predicted molar refractivity (Wildman–Crippen MR) is 94.9 cm³/mol. The average Bonchev–Trinajstić information content (AvgIpc) is 2.61. The van der Waals surface area contributed by atoms with Crippen molar-refractivity contribution < 1.29 is 27.4 Å². The number of likely N-dealkylation sites (N-methyl/N-ethyl adjacent to an activating group) is 1. The first kappa shape index (κ1) is 20.6. The highest BCUT2D eigenvalue weighted by molar-refractivity contribution is 5.94. The van der Waals surface area contributed by atoms with Crippen molar-refractivity contribution in [2.24, 2.45) is 0 Å². The number of ether oxygens (including phenoxy) is 2. The van der Waals surface area contributed by atoms with Gasteiger partial charge in [0.05, 0.1) is 13.2 Å². The van der Waals surface area contributed by atoms with E-state index in [0.717, 1.165) is 23.4 Å². The Morgan fingerprint density at radius 3 is 2.07 bits per heavy atom. The molecular formula is C19H21F3N2O3. The maximum absolute atomic E-state index is 12.3. The monoisotopic (exact) mass is 382 g/mol. The van der Waals surface area contributed by atoms with Gasteiger partial charge in [-0.2, -0.15) is 0 Å². The fourth-order valence-corrected chi connectivity index (χ4v) is 2.52. The van der Waals surface area contributed by atoms with Gasteiger partial charge in [-0.3, -0.25) is 4.79 Å². The molecule has 0 aliphatic rings. The normalized spacial score (nSPS) is 12.6. The molecule has 2 aromatic carbocycles. The second kappa shape index (κ2) is 8.77. The number of methoxy groups -OCH3 is 1. The van der Waals surface area contributed by atoms with Gasteiger partial charge in [-0.1, -0.05) is 12.1 Å². The Labute approximate surface area is 155 Å². The minimum absolute atomic E-state index is 0.0762. The topological polar surface area (TPSA) is 50.8 Å². The summed E-state index contributed by atoms with van der Waals surface area (Å²) in [6.07, 6.45) is -4.76. The molecule has 0 heterocycles. The number of carbonyl (C=O) groups excluding carboxylic acids is 1. The van der Waals surface area contributed by atoms with Crippen LogP contribution in [0.4, 0.5) is 13.2 Å². The molecule has 2 aromatic rings. The zero-order valence-corrected chi connectivity index (χ0v) is 15.2. The molecule has 0 saturated heterocycles. The van der Waals surface area contributed by atoms with Crippen LogP contribution in [0.3, 0.4) is 0 Å². The summed E-state index contributed by atoms with van der Waals surface area (Å²) in [6, 6.07) is 12.2. The van der Waals surface area contributed by atoms with Crippen LogP contribution in [0.25, 0.3) is 0 Å². The number of hydrogen-bond acceptors (Lipinski definition) is 4. The van der Waals surface area contributed by atoms with Crippen molar-refractivity contribution in [3.63, 3.8) is 0 Å². The van der Waals surface area contributed by atoms with Gasteiger partial charge < -0.3 is 19.7 Å². The summed E-state index contributed by atoms with van der Waals surface area (Å²) in [6.45, 7) is 0.332. The molecule has 27 heavy (non-hydrogen) atoms. The smallest absolute Gasteiger partial charge is 0.497 e. The molecule has 8 heteroatoms. The molecule has 0 fully saturated rings. The van der Waals surface area contributed by atoms with Gasteiger partial charge in [0.25, 0.3) is 5.91 Å². The Morgan fingerprint density at radius 1 is 1.04 bits per heavy atom. The fourth-order valence-electron chi connectivity index (χ4n) is 2.52. The standard InChI is InChI=1S/C19H21F3N2O3/c1-24(2)17(13-4-8-15(26-3)9-5-13)12-23-18(25)14-6-10-16(11-7-14)27-19(20,21)22/h4-11,17H,12H2,1-3H3,(H,23,25)/t17-/m1/s1. The zero-order valence-electron chi connectivity index (χ0n) is 15.2. The second-order valence-corrected chi connectivity index (χ2v) is 6.03. The Kier molecular flexibility index (Phi) is 6.68. The van der Waals surface area contributed by atoms with Crippen LogP contribution in [0.1, 0.15) is 22.0 Å². The van der Waals surface area contributed by atoms with Crippen molar-refractivity contribution in [1.29, 1.82) is 0 Å². The highest BCUT2D eigenvalue weighted by atomic mass is 19.4. The number of benzene rings is 2. The number of alkyl halides is 3. The van der Waals surface area contributed by atoms with Crippen LogP contribution in [-0.4, -0.2) is 44.9 Å². The lowest BCUT2D eigenvalue weighted by Crippen LogP contribution is -2.34. The van der Waals surface area contributed by atoms with Gasteiger partial charge in [-0.15, -0.1) is 13.2 Å². The van der Waals surface area contributed by atoms with Crippen LogP contribution < -0.4 is 14.8 Å². The van der Waals surface area contributed by atoms with Gasteiger partial charge in [0.1, 0.15) is 11.5 Å². The van der Waals surface area contributed by atoms with Crippen molar-refractivity contribution >= 4 is 5.91 Å². The van der Waals surface area contributed by atoms with E-state index in [2.05, 4.69) is 10.1 Å². The highest BCUT2D eigenvalue weighted by Gasteiger charge is 2.31. The van der Waals surface area contributed by atoms with E-state index in [1.807, 2.05) is 43.3 Å². The van der Waals surface area contributed by atoms with Crippen LogP contribution in [0.5, 0.6) is 11.5 Å². The van der Waals surface area contributed by atoms with Crippen molar-refractivity contribution in [3.05, 3.63) is 59.7 Å². The number of nitrogens with zero attached hydrogens (tertiary/aromatic N) is 1. The van der Waals surface area contributed by atoms with Gasteiger partial charge >= 0.3 is 6.36 Å². The summed E-state index contributed by atoms with van der Waals surface area (Å²) in [5.74, 6) is -0.0150. The summed E-state index contributed by atoms with van der Waals surface area (Å²) < 4.78 is 45.5. The Bertz CT molecular complexity index is 744. The Balaban J connectivity index is 2.00. The number of carbonyl (C=O) groups is 1. The summed E-state index contributed by atoms with van der Waals surface area (Å²) in [7, 11) is 5.37. The SMILES string of the molecule is COc1ccc([C@@H](CNC(=O)c2ccc(OC(F)(F)F)cc2)N(C)C)cc1. The Morgan fingerprint density at radius 2 is 1.59 bits per heavy atom. The van der Waals surface area contributed by atoms with E-state index in [9.17, 15) is 18.0 Å². The fraction of sp³-hybridized carbons (Fsp3) is 0.316. The van der Waals surface area contributed by atoms with E-state index in [-0.39, 0.29) is 23.3 Å². The van der Waals surface area contributed by atoms with E-state index < -0.39 is 6.36 Å². The molecule has 1 N–H and O–H groups in total. The summed E-state index contributed by atoms with van der Waals surface area (Å²) in [5.41, 5.74) is 1.24. The molecule has 146 valence electrons. The van der Waals surface area contributed by atoms with Crippen molar-refractivity contribution in [2.45, 2.75) is 12.4 Å². The van der Waals surface area contributed by atoms with Gasteiger partial charge in [-0.05, 0) is 56.1 Å². The number of amides is 1. The molecular weight excluding hydrogens is 361 g/mol. The van der Waals surface area contributed by atoms with Crippen LogP contribution in [-0.2, 0) is 0 Å². The molecule has 0 saturated carbocycles. The van der Waals surface area contributed by atoms with Gasteiger partial charge in [-0.25, -0.2) is 0 Å². The number of hydrogen-bond donors (Lipinski definition) is 1. The lowest BCUT2D eigenvalue weighted by Gasteiger charge is -2.25. The Hall–Kier alpha value is -2.74. The number of halogens is 3. The zero-order chi connectivity index (χ0) is 20.0.